The molecule has 0 bridgehead atoms. The molecule has 1 aromatic heterocycles. The lowest BCUT2D eigenvalue weighted by atomic mass is 9.92. The number of rotatable bonds is 3. The summed E-state index contributed by atoms with van der Waals surface area (Å²) in [4.78, 5) is 17.2. The Balaban J connectivity index is 1.63. The Kier molecular flexibility index (Phi) is 5.66. The molecule has 5 heteroatoms. The van der Waals surface area contributed by atoms with Crippen molar-refractivity contribution in [3.63, 3.8) is 0 Å². The maximum Gasteiger partial charge on any atom is 0.253 e. The van der Waals surface area contributed by atoms with Crippen LogP contribution in [0.15, 0.2) is 36.5 Å². The average Bonchev–Trinajstić information content (AvgIpc) is 3.53. The standard InChI is InChI=1S/C23H23ClN2O2/c24-18-10-8-16(9-11-18)19-13-17(14-25-20(19)12-7-15-5-6-15)23(28)26-21-3-1-2-4-22(21)27/h8-11,13-15,21-22,27H,1-6H2,(H,26,28). The summed E-state index contributed by atoms with van der Waals surface area (Å²) in [5.74, 6) is 6.68. The summed E-state index contributed by atoms with van der Waals surface area (Å²) in [5.41, 5.74) is 2.88. The molecular formula is C23H23ClN2O2. The molecule has 4 rings (SSSR count). The van der Waals surface area contributed by atoms with Gasteiger partial charge in [0.15, 0.2) is 0 Å². The van der Waals surface area contributed by atoms with E-state index in [-0.39, 0.29) is 11.9 Å². The Labute approximate surface area is 170 Å². The summed E-state index contributed by atoms with van der Waals surface area (Å²) in [5, 5.41) is 13.8. The summed E-state index contributed by atoms with van der Waals surface area (Å²) >= 11 is 6.02. The van der Waals surface area contributed by atoms with Crippen LogP contribution in [0.25, 0.3) is 11.1 Å². The second kappa shape index (κ2) is 8.34. The maximum absolute atomic E-state index is 12.8. The quantitative estimate of drug-likeness (QED) is 0.767. The first-order valence-corrected chi connectivity index (χ1v) is 10.2. The number of aliphatic hydroxyl groups is 1. The average molecular weight is 395 g/mol. The third-order valence-corrected chi connectivity index (χ3v) is 5.58. The SMILES string of the molecule is O=C(NC1CCCCC1O)c1cnc(C#CC2CC2)c(-c2ccc(Cl)cc2)c1. The highest BCUT2D eigenvalue weighted by atomic mass is 35.5. The van der Waals surface area contributed by atoms with E-state index in [0.717, 1.165) is 49.7 Å². The molecule has 2 aliphatic carbocycles. The third-order valence-electron chi connectivity index (χ3n) is 5.32. The van der Waals surface area contributed by atoms with Crippen molar-refractivity contribution < 1.29 is 9.90 Å². The Morgan fingerprint density at radius 3 is 2.61 bits per heavy atom. The van der Waals surface area contributed by atoms with Gasteiger partial charge in [0, 0.05) is 22.7 Å². The number of nitrogens with zero attached hydrogens (tertiary/aromatic N) is 1. The number of hydrogen-bond acceptors (Lipinski definition) is 3. The van der Waals surface area contributed by atoms with Crippen LogP contribution in [0, 0.1) is 17.8 Å². The highest BCUT2D eigenvalue weighted by Gasteiger charge is 2.25. The van der Waals surface area contributed by atoms with Crippen molar-refractivity contribution in [2.45, 2.75) is 50.7 Å². The minimum Gasteiger partial charge on any atom is -0.391 e. The first-order valence-electron chi connectivity index (χ1n) is 9.86. The largest absolute Gasteiger partial charge is 0.391 e. The van der Waals surface area contributed by atoms with Crippen LogP contribution in [0.4, 0.5) is 0 Å². The minimum absolute atomic E-state index is 0.199. The first-order chi connectivity index (χ1) is 13.6. The van der Waals surface area contributed by atoms with Crippen molar-refractivity contribution in [2.24, 2.45) is 5.92 Å². The van der Waals surface area contributed by atoms with Gasteiger partial charge in [0.1, 0.15) is 5.69 Å². The van der Waals surface area contributed by atoms with Crippen LogP contribution in [-0.4, -0.2) is 28.1 Å². The number of nitrogens with one attached hydrogen (secondary N) is 1. The third kappa shape index (κ3) is 4.55. The topological polar surface area (TPSA) is 62.2 Å². The van der Waals surface area contributed by atoms with Crippen molar-refractivity contribution in [1.29, 1.82) is 0 Å². The molecule has 2 saturated carbocycles. The molecule has 2 fully saturated rings. The van der Waals surface area contributed by atoms with E-state index in [1.807, 2.05) is 30.3 Å². The second-order valence-corrected chi connectivity index (χ2v) is 8.04. The minimum atomic E-state index is -0.481. The van der Waals surface area contributed by atoms with Gasteiger partial charge >= 0.3 is 0 Å². The summed E-state index contributed by atoms with van der Waals surface area (Å²) < 4.78 is 0. The number of aromatic nitrogens is 1. The number of halogens is 1. The molecule has 4 nitrogen and oxygen atoms in total. The van der Waals surface area contributed by atoms with Gasteiger partial charge in [-0.2, -0.15) is 0 Å². The lowest BCUT2D eigenvalue weighted by Crippen LogP contribution is -2.45. The van der Waals surface area contributed by atoms with Crippen LogP contribution in [0.5, 0.6) is 0 Å². The Bertz CT molecular complexity index is 926. The van der Waals surface area contributed by atoms with Gasteiger partial charge in [-0.3, -0.25) is 4.79 Å². The summed E-state index contributed by atoms with van der Waals surface area (Å²) in [7, 11) is 0. The van der Waals surface area contributed by atoms with Crippen LogP contribution in [-0.2, 0) is 0 Å². The van der Waals surface area contributed by atoms with E-state index in [0.29, 0.717) is 22.2 Å². The van der Waals surface area contributed by atoms with Crippen LogP contribution in [0.1, 0.15) is 54.6 Å². The summed E-state index contributed by atoms with van der Waals surface area (Å²) in [6, 6.07) is 9.09. The number of carbonyl (C=O) groups excluding carboxylic acids is 1. The lowest BCUT2D eigenvalue weighted by Gasteiger charge is -2.28. The number of benzene rings is 1. The van der Waals surface area contributed by atoms with Gasteiger partial charge in [-0.15, -0.1) is 0 Å². The molecule has 0 radical (unpaired) electrons. The van der Waals surface area contributed by atoms with Crippen molar-refractivity contribution >= 4 is 17.5 Å². The van der Waals surface area contributed by atoms with E-state index in [2.05, 4.69) is 22.1 Å². The van der Waals surface area contributed by atoms with Gasteiger partial charge in [-0.25, -0.2) is 4.98 Å². The molecule has 2 aromatic rings. The van der Waals surface area contributed by atoms with Crippen molar-refractivity contribution in [1.82, 2.24) is 10.3 Å². The molecule has 0 spiro atoms. The molecule has 0 saturated heterocycles. The molecule has 2 unspecified atom stereocenters. The van der Waals surface area contributed by atoms with Crippen molar-refractivity contribution in [3.05, 3.63) is 52.8 Å². The molecule has 2 atom stereocenters. The molecule has 1 aromatic carbocycles. The molecular weight excluding hydrogens is 372 g/mol. The fraction of sp³-hybridized carbons (Fsp3) is 0.391. The molecule has 2 N–H and O–H groups in total. The molecule has 28 heavy (non-hydrogen) atoms. The Morgan fingerprint density at radius 2 is 1.89 bits per heavy atom. The molecule has 2 aliphatic rings. The highest BCUT2D eigenvalue weighted by molar-refractivity contribution is 6.30. The van der Waals surface area contributed by atoms with E-state index in [4.69, 9.17) is 11.6 Å². The second-order valence-electron chi connectivity index (χ2n) is 7.60. The number of hydrogen-bond donors (Lipinski definition) is 2. The van der Waals surface area contributed by atoms with Gasteiger partial charge in [-0.05, 0) is 55.4 Å². The zero-order valence-electron chi connectivity index (χ0n) is 15.6. The first kappa shape index (κ1) is 19.0. The normalized spacial score (nSPS) is 21.5. The number of pyridine rings is 1. The van der Waals surface area contributed by atoms with Crippen molar-refractivity contribution in [2.75, 3.05) is 0 Å². The number of amides is 1. The van der Waals surface area contributed by atoms with Gasteiger partial charge in [0.2, 0.25) is 0 Å². The lowest BCUT2D eigenvalue weighted by molar-refractivity contribution is 0.0717. The fourth-order valence-corrected chi connectivity index (χ4v) is 3.59. The number of aliphatic hydroxyl groups excluding tert-OH is 1. The summed E-state index contributed by atoms with van der Waals surface area (Å²) in [6.45, 7) is 0. The van der Waals surface area contributed by atoms with E-state index in [9.17, 15) is 9.90 Å². The van der Waals surface area contributed by atoms with E-state index in [1.54, 1.807) is 6.20 Å². The monoisotopic (exact) mass is 394 g/mol. The number of carbonyl (C=O) groups is 1. The van der Waals surface area contributed by atoms with Crippen LogP contribution < -0.4 is 5.32 Å². The zero-order valence-corrected chi connectivity index (χ0v) is 16.4. The maximum atomic E-state index is 12.8. The highest BCUT2D eigenvalue weighted by Crippen LogP contribution is 2.29. The molecule has 0 aliphatic heterocycles. The Morgan fingerprint density at radius 1 is 1.14 bits per heavy atom. The van der Waals surface area contributed by atoms with Crippen LogP contribution >= 0.6 is 11.6 Å². The molecule has 1 heterocycles. The van der Waals surface area contributed by atoms with E-state index >= 15 is 0 Å². The van der Waals surface area contributed by atoms with Crippen LogP contribution in [0.3, 0.4) is 0 Å². The van der Waals surface area contributed by atoms with Gasteiger partial charge < -0.3 is 10.4 Å². The van der Waals surface area contributed by atoms with Crippen LogP contribution in [0.2, 0.25) is 5.02 Å². The zero-order chi connectivity index (χ0) is 19.5. The summed E-state index contributed by atoms with van der Waals surface area (Å²) in [6.07, 6.45) is 6.94. The molecule has 144 valence electrons. The smallest absolute Gasteiger partial charge is 0.253 e. The fourth-order valence-electron chi connectivity index (χ4n) is 3.47. The Hall–Kier alpha value is -2.35. The van der Waals surface area contributed by atoms with Gasteiger partial charge in [0.25, 0.3) is 5.91 Å². The predicted octanol–water partition coefficient (Wildman–Crippen LogP) is 4.20. The van der Waals surface area contributed by atoms with Gasteiger partial charge in [0.05, 0.1) is 17.7 Å². The van der Waals surface area contributed by atoms with E-state index < -0.39 is 6.10 Å². The van der Waals surface area contributed by atoms with Gasteiger partial charge in [-0.1, -0.05) is 42.5 Å². The van der Waals surface area contributed by atoms with E-state index in [1.165, 1.54) is 0 Å². The predicted molar refractivity (Wildman–Crippen MR) is 110 cm³/mol. The van der Waals surface area contributed by atoms with Crippen molar-refractivity contribution in [3.8, 4) is 23.0 Å². The molecule has 1 amide bonds.